The van der Waals surface area contributed by atoms with Gasteiger partial charge in [0, 0.05) is 20.6 Å². The number of rotatable bonds is 1. The molecule has 0 spiro atoms. The molecule has 3 atom stereocenters. The second-order valence-electron chi connectivity index (χ2n) is 5.76. The molecule has 0 fully saturated rings. The third kappa shape index (κ3) is 2.36. The molecule has 1 N–H and O–H groups in total. The van der Waals surface area contributed by atoms with E-state index in [2.05, 4.69) is 91.8 Å². The number of hydrogen-bond donors (Lipinski definition) is 1. The first-order valence-corrected chi connectivity index (χ1v) is 8.79. The Labute approximate surface area is 141 Å². The predicted octanol–water partition coefficient (Wildman–Crippen LogP) is 6.04. The lowest BCUT2D eigenvalue weighted by molar-refractivity contribution is 0.425. The fraction of sp³-hybridized carbons (Fsp3) is 0.222. The summed E-state index contributed by atoms with van der Waals surface area (Å²) in [5, 5.41) is 3.76. The average molecular weight is 405 g/mol. The van der Waals surface area contributed by atoms with Gasteiger partial charge in [0.25, 0.3) is 0 Å². The van der Waals surface area contributed by atoms with Gasteiger partial charge in [0.15, 0.2) is 0 Å². The molecule has 0 saturated heterocycles. The predicted molar refractivity (Wildman–Crippen MR) is 94.6 cm³/mol. The van der Waals surface area contributed by atoms with Crippen molar-refractivity contribution in [1.82, 2.24) is 0 Å². The van der Waals surface area contributed by atoms with Crippen molar-refractivity contribution < 1.29 is 0 Å². The second kappa shape index (κ2) is 5.29. The van der Waals surface area contributed by atoms with Crippen molar-refractivity contribution in [3.05, 3.63) is 74.7 Å². The highest BCUT2D eigenvalue weighted by Gasteiger charge is 2.37. The first-order chi connectivity index (χ1) is 10.2. The standard InChI is InChI=1S/C18H15Br2N/c19-12-6-4-11(5-7-12)18-15-3-1-2-14(15)16-10-13(20)8-9-17(16)21-18/h1-2,4-10,14-15,18,21H,3H2/t14-,15-,18+/m0/s1. The minimum absolute atomic E-state index is 0.381. The molecule has 106 valence electrons. The van der Waals surface area contributed by atoms with Crippen molar-refractivity contribution in [2.75, 3.05) is 5.32 Å². The van der Waals surface area contributed by atoms with E-state index in [0.29, 0.717) is 17.9 Å². The van der Waals surface area contributed by atoms with Crippen LogP contribution in [0.5, 0.6) is 0 Å². The van der Waals surface area contributed by atoms with Gasteiger partial charge in [0.1, 0.15) is 0 Å². The summed E-state index contributed by atoms with van der Waals surface area (Å²) < 4.78 is 2.29. The molecule has 2 aliphatic rings. The zero-order valence-corrected chi connectivity index (χ0v) is 14.6. The van der Waals surface area contributed by atoms with Gasteiger partial charge in [-0.15, -0.1) is 0 Å². The Morgan fingerprint density at radius 3 is 2.52 bits per heavy atom. The quantitative estimate of drug-likeness (QED) is 0.571. The van der Waals surface area contributed by atoms with Crippen molar-refractivity contribution in [3.63, 3.8) is 0 Å². The number of benzene rings is 2. The van der Waals surface area contributed by atoms with Crippen LogP contribution in [0.1, 0.15) is 29.5 Å². The lowest BCUT2D eigenvalue weighted by atomic mass is 9.77. The Morgan fingerprint density at radius 2 is 1.71 bits per heavy atom. The number of fused-ring (bicyclic) bond motifs is 3. The molecule has 0 aromatic heterocycles. The zero-order chi connectivity index (χ0) is 14.4. The minimum atomic E-state index is 0.381. The lowest BCUT2D eigenvalue weighted by Gasteiger charge is -2.37. The minimum Gasteiger partial charge on any atom is -0.378 e. The normalized spacial score (nSPS) is 26.1. The smallest absolute Gasteiger partial charge is 0.0553 e. The Balaban J connectivity index is 1.78. The lowest BCUT2D eigenvalue weighted by Crippen LogP contribution is -2.29. The summed E-state index contributed by atoms with van der Waals surface area (Å²) in [5.41, 5.74) is 4.04. The molecule has 0 saturated carbocycles. The van der Waals surface area contributed by atoms with Gasteiger partial charge < -0.3 is 5.32 Å². The van der Waals surface area contributed by atoms with E-state index in [1.165, 1.54) is 16.8 Å². The Hall–Kier alpha value is -1.06. The molecule has 0 amide bonds. The number of anilines is 1. The van der Waals surface area contributed by atoms with Crippen LogP contribution in [0.3, 0.4) is 0 Å². The summed E-state index contributed by atoms with van der Waals surface area (Å²) in [7, 11) is 0. The van der Waals surface area contributed by atoms with E-state index in [-0.39, 0.29) is 0 Å². The first-order valence-electron chi connectivity index (χ1n) is 7.20. The molecule has 1 aliphatic heterocycles. The van der Waals surface area contributed by atoms with E-state index < -0.39 is 0 Å². The van der Waals surface area contributed by atoms with Crippen LogP contribution in [0.4, 0.5) is 5.69 Å². The van der Waals surface area contributed by atoms with E-state index in [0.717, 1.165) is 15.4 Å². The van der Waals surface area contributed by atoms with Crippen LogP contribution in [0.25, 0.3) is 0 Å². The highest BCUT2D eigenvalue weighted by Crippen LogP contribution is 2.50. The largest absolute Gasteiger partial charge is 0.378 e. The van der Waals surface area contributed by atoms with Gasteiger partial charge in [-0.1, -0.05) is 56.1 Å². The van der Waals surface area contributed by atoms with Crippen molar-refractivity contribution in [2.24, 2.45) is 5.92 Å². The molecule has 2 aromatic carbocycles. The maximum absolute atomic E-state index is 3.76. The van der Waals surface area contributed by atoms with Crippen LogP contribution in [0.15, 0.2) is 63.6 Å². The van der Waals surface area contributed by atoms with Crippen LogP contribution in [0, 0.1) is 5.92 Å². The van der Waals surface area contributed by atoms with Gasteiger partial charge in [-0.3, -0.25) is 0 Å². The van der Waals surface area contributed by atoms with Crippen LogP contribution in [-0.2, 0) is 0 Å². The summed E-state index contributed by atoms with van der Waals surface area (Å²) in [6, 6.07) is 15.6. The number of halogens is 2. The van der Waals surface area contributed by atoms with Gasteiger partial charge in [-0.2, -0.15) is 0 Å². The van der Waals surface area contributed by atoms with Gasteiger partial charge in [-0.05, 0) is 53.8 Å². The molecule has 0 unspecified atom stereocenters. The van der Waals surface area contributed by atoms with Gasteiger partial charge in [-0.25, -0.2) is 0 Å². The molecule has 1 heterocycles. The van der Waals surface area contributed by atoms with Gasteiger partial charge in [0.05, 0.1) is 6.04 Å². The van der Waals surface area contributed by atoms with Crippen molar-refractivity contribution in [1.29, 1.82) is 0 Å². The molecular weight excluding hydrogens is 390 g/mol. The van der Waals surface area contributed by atoms with Gasteiger partial charge in [0.2, 0.25) is 0 Å². The average Bonchev–Trinajstić information content (AvgIpc) is 2.97. The summed E-state index contributed by atoms with van der Waals surface area (Å²) in [4.78, 5) is 0. The van der Waals surface area contributed by atoms with Gasteiger partial charge >= 0.3 is 0 Å². The first kappa shape index (κ1) is 13.6. The number of nitrogens with one attached hydrogen (secondary N) is 1. The molecule has 21 heavy (non-hydrogen) atoms. The summed E-state index contributed by atoms with van der Waals surface area (Å²) in [5.74, 6) is 1.13. The van der Waals surface area contributed by atoms with E-state index in [9.17, 15) is 0 Å². The molecule has 0 bridgehead atoms. The monoisotopic (exact) mass is 403 g/mol. The Bertz CT molecular complexity index is 706. The maximum Gasteiger partial charge on any atom is 0.0553 e. The molecule has 4 rings (SSSR count). The SMILES string of the molecule is Brc1ccc([C@H]2Nc3ccc(Br)cc3[C@H]3C=CC[C@@H]32)cc1. The van der Waals surface area contributed by atoms with Crippen molar-refractivity contribution in [3.8, 4) is 0 Å². The number of allylic oxidation sites excluding steroid dienone is 2. The van der Waals surface area contributed by atoms with Crippen LogP contribution in [-0.4, -0.2) is 0 Å². The molecule has 0 radical (unpaired) electrons. The number of hydrogen-bond acceptors (Lipinski definition) is 1. The maximum atomic E-state index is 3.76. The van der Waals surface area contributed by atoms with E-state index in [4.69, 9.17) is 0 Å². The summed E-state index contributed by atoms with van der Waals surface area (Å²) in [6.45, 7) is 0. The second-order valence-corrected chi connectivity index (χ2v) is 7.59. The highest BCUT2D eigenvalue weighted by molar-refractivity contribution is 9.10. The summed E-state index contributed by atoms with van der Waals surface area (Å²) >= 11 is 7.12. The van der Waals surface area contributed by atoms with E-state index in [1.54, 1.807) is 0 Å². The molecule has 2 aromatic rings. The molecular formula is C18H15Br2N. The molecule has 1 nitrogen and oxygen atoms in total. The van der Waals surface area contributed by atoms with Crippen molar-refractivity contribution >= 4 is 37.5 Å². The zero-order valence-electron chi connectivity index (χ0n) is 11.4. The third-order valence-corrected chi connectivity index (χ3v) is 5.58. The Morgan fingerprint density at radius 1 is 0.952 bits per heavy atom. The van der Waals surface area contributed by atoms with E-state index in [1.807, 2.05) is 0 Å². The van der Waals surface area contributed by atoms with Crippen molar-refractivity contribution in [2.45, 2.75) is 18.4 Å². The van der Waals surface area contributed by atoms with E-state index >= 15 is 0 Å². The third-order valence-electron chi connectivity index (χ3n) is 4.55. The van der Waals surface area contributed by atoms with Crippen LogP contribution >= 0.6 is 31.9 Å². The van der Waals surface area contributed by atoms with Crippen LogP contribution < -0.4 is 5.32 Å². The summed E-state index contributed by atoms with van der Waals surface area (Å²) in [6.07, 6.45) is 5.85. The highest BCUT2D eigenvalue weighted by atomic mass is 79.9. The molecule has 3 heteroatoms. The fourth-order valence-corrected chi connectivity index (χ4v) is 4.21. The molecule has 1 aliphatic carbocycles. The fourth-order valence-electron chi connectivity index (χ4n) is 3.57. The Kier molecular flexibility index (Phi) is 3.43. The topological polar surface area (TPSA) is 12.0 Å². The van der Waals surface area contributed by atoms with Crippen LogP contribution in [0.2, 0.25) is 0 Å².